The summed E-state index contributed by atoms with van der Waals surface area (Å²) < 4.78 is 7.92. The first-order valence-electron chi connectivity index (χ1n) is 10.5. The van der Waals surface area contributed by atoms with Crippen molar-refractivity contribution >= 4 is 16.9 Å². The van der Waals surface area contributed by atoms with Crippen molar-refractivity contribution in [2.24, 2.45) is 7.05 Å². The van der Waals surface area contributed by atoms with Crippen LogP contribution in [0.4, 0.5) is 0 Å². The van der Waals surface area contributed by atoms with E-state index in [-0.39, 0.29) is 11.8 Å². The fourth-order valence-electron chi connectivity index (χ4n) is 4.33. The highest BCUT2D eigenvalue weighted by Gasteiger charge is 2.33. The Labute approximate surface area is 180 Å². The highest BCUT2D eigenvalue weighted by atomic mass is 16.3. The lowest BCUT2D eigenvalue weighted by atomic mass is 9.95. The van der Waals surface area contributed by atoms with E-state index >= 15 is 0 Å². The van der Waals surface area contributed by atoms with Crippen molar-refractivity contribution in [1.29, 1.82) is 0 Å². The third-order valence-corrected chi connectivity index (χ3v) is 5.90. The van der Waals surface area contributed by atoms with Crippen molar-refractivity contribution < 1.29 is 9.21 Å². The van der Waals surface area contributed by atoms with Crippen LogP contribution in [0.3, 0.4) is 0 Å². The monoisotopic (exact) mass is 415 g/mol. The van der Waals surface area contributed by atoms with E-state index in [0.29, 0.717) is 19.6 Å². The molecule has 4 aromatic rings. The van der Waals surface area contributed by atoms with E-state index in [4.69, 9.17) is 4.42 Å². The molecular formula is C24H25N5O2. The van der Waals surface area contributed by atoms with Gasteiger partial charge in [-0.2, -0.15) is 5.10 Å². The molecule has 0 saturated heterocycles. The first-order valence-corrected chi connectivity index (χ1v) is 10.5. The third kappa shape index (κ3) is 3.84. The first kappa shape index (κ1) is 19.5. The molecule has 0 aliphatic carbocycles. The summed E-state index contributed by atoms with van der Waals surface area (Å²) in [5.74, 6) is 0.580. The van der Waals surface area contributed by atoms with Gasteiger partial charge in [0, 0.05) is 43.5 Å². The molecule has 0 fully saturated rings. The Morgan fingerprint density at radius 1 is 1.23 bits per heavy atom. The standard InChI is InChI=1S/C24H25N5O2/c1-16-19-8-3-4-9-21(19)31-22(16)15-29-13-17-12-28(2)27-23(17)20(14-29)24(30)26-11-18-7-5-6-10-25-18/h3-10,12,20H,11,13-15H2,1-2H3,(H,26,30). The van der Waals surface area contributed by atoms with E-state index in [1.54, 1.807) is 10.9 Å². The number of hydrogen-bond acceptors (Lipinski definition) is 5. The van der Waals surface area contributed by atoms with Gasteiger partial charge in [-0.05, 0) is 30.7 Å². The Kier molecular flexibility index (Phi) is 5.03. The Morgan fingerprint density at radius 2 is 2.06 bits per heavy atom. The SMILES string of the molecule is Cc1c(CN2Cc3cn(C)nc3C(C(=O)NCc3ccccn3)C2)oc2ccccc12. The zero-order valence-corrected chi connectivity index (χ0v) is 17.7. The number of rotatable bonds is 5. The fraction of sp³-hybridized carbons (Fsp3) is 0.292. The molecule has 7 heteroatoms. The topological polar surface area (TPSA) is 76.2 Å². The number of nitrogens with zero attached hydrogens (tertiary/aromatic N) is 4. The Morgan fingerprint density at radius 3 is 2.87 bits per heavy atom. The van der Waals surface area contributed by atoms with Gasteiger partial charge < -0.3 is 9.73 Å². The molecule has 5 rings (SSSR count). The normalized spacial score (nSPS) is 16.4. The van der Waals surface area contributed by atoms with Gasteiger partial charge >= 0.3 is 0 Å². The number of carbonyl (C=O) groups excluding carboxylic acids is 1. The average molecular weight is 415 g/mol. The summed E-state index contributed by atoms with van der Waals surface area (Å²) in [6, 6.07) is 13.8. The Bertz CT molecular complexity index is 1230. The maximum Gasteiger partial charge on any atom is 0.230 e. The van der Waals surface area contributed by atoms with Gasteiger partial charge in [-0.25, -0.2) is 0 Å². The van der Waals surface area contributed by atoms with Crippen LogP contribution in [0.2, 0.25) is 0 Å². The molecule has 1 aliphatic heterocycles. The average Bonchev–Trinajstić information content (AvgIpc) is 3.31. The van der Waals surface area contributed by atoms with Gasteiger partial charge in [-0.1, -0.05) is 24.3 Å². The van der Waals surface area contributed by atoms with Crippen LogP contribution < -0.4 is 5.32 Å². The molecule has 1 N–H and O–H groups in total. The summed E-state index contributed by atoms with van der Waals surface area (Å²) in [5, 5.41) is 8.77. The molecule has 4 heterocycles. The maximum atomic E-state index is 13.1. The highest BCUT2D eigenvalue weighted by Crippen LogP contribution is 2.31. The number of aryl methyl sites for hydroxylation is 2. The van der Waals surface area contributed by atoms with Gasteiger partial charge in [0.15, 0.2) is 0 Å². The molecule has 1 aliphatic rings. The van der Waals surface area contributed by atoms with Crippen LogP contribution in [-0.4, -0.2) is 32.1 Å². The molecule has 3 aromatic heterocycles. The summed E-state index contributed by atoms with van der Waals surface area (Å²) in [7, 11) is 1.90. The van der Waals surface area contributed by atoms with Crippen LogP contribution in [-0.2, 0) is 31.5 Å². The molecular weight excluding hydrogens is 390 g/mol. The van der Waals surface area contributed by atoms with Gasteiger partial charge in [0.2, 0.25) is 5.91 Å². The van der Waals surface area contributed by atoms with Crippen molar-refractivity contribution in [1.82, 2.24) is 25.0 Å². The second-order valence-corrected chi connectivity index (χ2v) is 8.12. The molecule has 7 nitrogen and oxygen atoms in total. The number of hydrogen-bond donors (Lipinski definition) is 1. The molecule has 1 atom stereocenters. The summed E-state index contributed by atoms with van der Waals surface area (Å²) in [5.41, 5.74) is 4.84. The molecule has 0 bridgehead atoms. The van der Waals surface area contributed by atoms with Gasteiger partial charge in [0.1, 0.15) is 11.3 Å². The van der Waals surface area contributed by atoms with E-state index in [0.717, 1.165) is 45.8 Å². The minimum Gasteiger partial charge on any atom is -0.459 e. The molecule has 158 valence electrons. The van der Waals surface area contributed by atoms with E-state index in [9.17, 15) is 4.79 Å². The number of para-hydroxylation sites is 1. The van der Waals surface area contributed by atoms with Crippen molar-refractivity contribution in [2.75, 3.05) is 6.54 Å². The second kappa shape index (κ2) is 8.00. The molecule has 1 unspecified atom stereocenters. The summed E-state index contributed by atoms with van der Waals surface area (Å²) >= 11 is 0. The molecule has 1 aromatic carbocycles. The number of amides is 1. The van der Waals surface area contributed by atoms with E-state index in [2.05, 4.69) is 33.3 Å². The van der Waals surface area contributed by atoms with Crippen LogP contribution in [0.25, 0.3) is 11.0 Å². The molecule has 0 saturated carbocycles. The lowest BCUT2D eigenvalue weighted by Crippen LogP contribution is -2.40. The first-order chi connectivity index (χ1) is 15.1. The smallest absolute Gasteiger partial charge is 0.230 e. The van der Waals surface area contributed by atoms with Crippen LogP contribution >= 0.6 is 0 Å². The zero-order chi connectivity index (χ0) is 21.4. The largest absolute Gasteiger partial charge is 0.459 e. The number of benzene rings is 1. The summed E-state index contributed by atoms with van der Waals surface area (Å²) in [6.07, 6.45) is 3.74. The second-order valence-electron chi connectivity index (χ2n) is 8.12. The Balaban J connectivity index is 1.37. The van der Waals surface area contributed by atoms with E-state index in [1.807, 2.05) is 49.6 Å². The number of aromatic nitrogens is 3. The maximum absolute atomic E-state index is 13.1. The van der Waals surface area contributed by atoms with E-state index in [1.165, 1.54) is 0 Å². The minimum atomic E-state index is -0.335. The van der Waals surface area contributed by atoms with Gasteiger partial charge in [-0.15, -0.1) is 0 Å². The molecule has 0 spiro atoms. The fourth-order valence-corrected chi connectivity index (χ4v) is 4.33. The molecule has 31 heavy (non-hydrogen) atoms. The molecule has 1 amide bonds. The predicted molar refractivity (Wildman–Crippen MR) is 117 cm³/mol. The van der Waals surface area contributed by atoms with Crippen LogP contribution in [0.5, 0.6) is 0 Å². The highest BCUT2D eigenvalue weighted by molar-refractivity contribution is 5.84. The third-order valence-electron chi connectivity index (χ3n) is 5.90. The van der Waals surface area contributed by atoms with Gasteiger partial charge in [0.05, 0.1) is 30.4 Å². The lowest BCUT2D eigenvalue weighted by molar-refractivity contribution is -0.123. The van der Waals surface area contributed by atoms with Crippen molar-refractivity contribution in [3.63, 3.8) is 0 Å². The number of nitrogens with one attached hydrogen (secondary N) is 1. The molecule has 0 radical (unpaired) electrons. The van der Waals surface area contributed by atoms with Gasteiger partial charge in [0.25, 0.3) is 0 Å². The summed E-state index contributed by atoms with van der Waals surface area (Å²) in [6.45, 7) is 4.48. The van der Waals surface area contributed by atoms with Gasteiger partial charge in [-0.3, -0.25) is 19.4 Å². The number of pyridine rings is 1. The Hall–Kier alpha value is -3.45. The minimum absolute atomic E-state index is 0.0309. The zero-order valence-electron chi connectivity index (χ0n) is 17.7. The summed E-state index contributed by atoms with van der Waals surface area (Å²) in [4.78, 5) is 19.7. The number of furan rings is 1. The lowest BCUT2D eigenvalue weighted by Gasteiger charge is -2.30. The van der Waals surface area contributed by atoms with Crippen molar-refractivity contribution in [3.05, 3.63) is 83.1 Å². The van der Waals surface area contributed by atoms with Crippen LogP contribution in [0.15, 0.2) is 59.3 Å². The van der Waals surface area contributed by atoms with E-state index < -0.39 is 0 Å². The van der Waals surface area contributed by atoms with Crippen LogP contribution in [0, 0.1) is 6.92 Å². The number of fused-ring (bicyclic) bond motifs is 2. The quantitative estimate of drug-likeness (QED) is 0.541. The number of carbonyl (C=O) groups is 1. The van der Waals surface area contributed by atoms with Crippen molar-refractivity contribution in [3.8, 4) is 0 Å². The van der Waals surface area contributed by atoms with Crippen molar-refractivity contribution in [2.45, 2.75) is 32.5 Å². The predicted octanol–water partition coefficient (Wildman–Crippen LogP) is 3.29. The van der Waals surface area contributed by atoms with Crippen LogP contribution in [0.1, 0.15) is 34.2 Å².